The van der Waals surface area contributed by atoms with Gasteiger partial charge in [-0.25, -0.2) is 8.78 Å². The lowest BCUT2D eigenvalue weighted by atomic mass is 9.96. The molecule has 0 amide bonds. The van der Waals surface area contributed by atoms with E-state index in [2.05, 4.69) is 16.8 Å². The van der Waals surface area contributed by atoms with Crippen LogP contribution >= 0.6 is 12.4 Å². The van der Waals surface area contributed by atoms with E-state index in [1.165, 1.54) is 19.2 Å². The molecule has 0 saturated carbocycles. The highest BCUT2D eigenvalue weighted by atomic mass is 35.5. The van der Waals surface area contributed by atoms with Crippen LogP contribution in [-0.2, 0) is 0 Å². The van der Waals surface area contributed by atoms with Crippen molar-refractivity contribution in [1.82, 2.24) is 10.2 Å². The predicted octanol–water partition coefficient (Wildman–Crippen LogP) is 4.09. The van der Waals surface area contributed by atoms with Crippen molar-refractivity contribution in [2.75, 3.05) is 33.3 Å². The quantitative estimate of drug-likeness (QED) is 0.558. The summed E-state index contributed by atoms with van der Waals surface area (Å²) in [5, 5.41) is 3.28. The van der Waals surface area contributed by atoms with Crippen LogP contribution in [0.15, 0.2) is 24.8 Å². The number of nitrogens with one attached hydrogen (secondary N) is 1. The maximum Gasteiger partial charge on any atom is 0.134 e. The molecule has 1 N–H and O–H groups in total. The molecule has 0 aromatic heterocycles. The second kappa shape index (κ2) is 10.6. The Morgan fingerprint density at radius 3 is 2.42 bits per heavy atom. The van der Waals surface area contributed by atoms with Crippen molar-refractivity contribution in [3.05, 3.63) is 42.0 Å². The van der Waals surface area contributed by atoms with Gasteiger partial charge in [-0.2, -0.15) is 0 Å². The molecule has 0 unspecified atom stereocenters. The van der Waals surface area contributed by atoms with E-state index in [0.29, 0.717) is 0 Å². The SMILES string of the molecule is C=CCCCC[C@@H](c1c(F)cc(OC)cc1F)N1CCNCC1.Cl. The Hall–Kier alpha value is -1.17. The molecule has 24 heavy (non-hydrogen) atoms. The van der Waals surface area contributed by atoms with Gasteiger partial charge in [-0.3, -0.25) is 4.90 Å². The van der Waals surface area contributed by atoms with E-state index in [4.69, 9.17) is 4.74 Å². The molecule has 6 heteroatoms. The molecule has 3 nitrogen and oxygen atoms in total. The Bertz CT molecular complexity index is 499. The summed E-state index contributed by atoms with van der Waals surface area (Å²) in [6.07, 6.45) is 5.47. The number of ether oxygens (including phenoxy) is 1. The number of unbranched alkanes of at least 4 members (excludes halogenated alkanes) is 2. The normalized spacial score (nSPS) is 16.3. The Kier molecular flexibility index (Phi) is 9.26. The highest BCUT2D eigenvalue weighted by Crippen LogP contribution is 2.33. The summed E-state index contributed by atoms with van der Waals surface area (Å²) in [4.78, 5) is 2.18. The van der Waals surface area contributed by atoms with E-state index in [1.807, 2.05) is 6.08 Å². The molecule has 136 valence electrons. The minimum absolute atomic E-state index is 0. The number of nitrogens with zero attached hydrogens (tertiary/aromatic N) is 1. The fourth-order valence-corrected chi connectivity index (χ4v) is 3.13. The minimum Gasteiger partial charge on any atom is -0.497 e. The first kappa shape index (κ1) is 20.9. The maximum absolute atomic E-state index is 14.5. The topological polar surface area (TPSA) is 24.5 Å². The van der Waals surface area contributed by atoms with Crippen LogP contribution in [0.1, 0.15) is 37.3 Å². The van der Waals surface area contributed by atoms with Crippen LogP contribution in [0.4, 0.5) is 8.78 Å². The Morgan fingerprint density at radius 1 is 1.25 bits per heavy atom. The van der Waals surface area contributed by atoms with Crippen LogP contribution in [0, 0.1) is 11.6 Å². The summed E-state index contributed by atoms with van der Waals surface area (Å²) >= 11 is 0. The summed E-state index contributed by atoms with van der Waals surface area (Å²) in [5.41, 5.74) is 0.173. The van der Waals surface area contributed by atoms with E-state index in [1.54, 1.807) is 0 Å². The molecule has 2 rings (SSSR count). The number of allylic oxidation sites excluding steroid dienone is 1. The molecule has 0 radical (unpaired) electrons. The number of methoxy groups -OCH3 is 1. The molecular formula is C18H27ClF2N2O. The highest BCUT2D eigenvalue weighted by molar-refractivity contribution is 5.85. The molecule has 0 spiro atoms. The van der Waals surface area contributed by atoms with Gasteiger partial charge in [-0.15, -0.1) is 19.0 Å². The lowest BCUT2D eigenvalue weighted by Gasteiger charge is -2.35. The molecule has 1 saturated heterocycles. The molecule has 0 bridgehead atoms. The fraction of sp³-hybridized carbons (Fsp3) is 0.556. The van der Waals surface area contributed by atoms with Crippen molar-refractivity contribution in [3.63, 3.8) is 0 Å². The van der Waals surface area contributed by atoms with Crippen molar-refractivity contribution in [2.45, 2.75) is 31.7 Å². The number of hydrogen-bond acceptors (Lipinski definition) is 3. The summed E-state index contributed by atoms with van der Waals surface area (Å²) in [6, 6.07) is 2.32. The van der Waals surface area contributed by atoms with E-state index in [9.17, 15) is 8.78 Å². The Balaban J connectivity index is 0.00000288. The molecule has 1 atom stereocenters. The predicted molar refractivity (Wildman–Crippen MR) is 96.0 cm³/mol. The zero-order chi connectivity index (χ0) is 16.7. The largest absolute Gasteiger partial charge is 0.497 e. The average molecular weight is 361 g/mol. The first-order valence-corrected chi connectivity index (χ1v) is 8.26. The number of piperazine rings is 1. The molecule has 0 aliphatic carbocycles. The van der Waals surface area contributed by atoms with E-state index in [-0.39, 0.29) is 29.8 Å². The van der Waals surface area contributed by atoms with Gasteiger partial charge < -0.3 is 10.1 Å². The smallest absolute Gasteiger partial charge is 0.134 e. The molecular weight excluding hydrogens is 334 g/mol. The van der Waals surface area contributed by atoms with Gasteiger partial charge in [0.2, 0.25) is 0 Å². The van der Waals surface area contributed by atoms with Gasteiger partial charge in [-0.05, 0) is 19.3 Å². The molecule has 1 fully saturated rings. The second-order valence-electron chi connectivity index (χ2n) is 5.88. The van der Waals surface area contributed by atoms with Crippen LogP contribution in [-0.4, -0.2) is 38.2 Å². The van der Waals surface area contributed by atoms with Crippen molar-refractivity contribution in [3.8, 4) is 5.75 Å². The van der Waals surface area contributed by atoms with Crippen molar-refractivity contribution < 1.29 is 13.5 Å². The fourth-order valence-electron chi connectivity index (χ4n) is 3.13. The second-order valence-corrected chi connectivity index (χ2v) is 5.88. The minimum atomic E-state index is -0.519. The van der Waals surface area contributed by atoms with Gasteiger partial charge >= 0.3 is 0 Å². The van der Waals surface area contributed by atoms with Crippen molar-refractivity contribution >= 4 is 12.4 Å². The van der Waals surface area contributed by atoms with E-state index >= 15 is 0 Å². The number of halogens is 3. The van der Waals surface area contributed by atoms with Gasteiger partial charge in [0.15, 0.2) is 0 Å². The zero-order valence-corrected chi connectivity index (χ0v) is 15.0. The third-order valence-electron chi connectivity index (χ3n) is 4.35. The lowest BCUT2D eigenvalue weighted by Crippen LogP contribution is -2.45. The number of rotatable bonds is 8. The van der Waals surface area contributed by atoms with Gasteiger partial charge in [-0.1, -0.05) is 12.5 Å². The van der Waals surface area contributed by atoms with Gasteiger partial charge in [0.25, 0.3) is 0 Å². The summed E-state index contributed by atoms with van der Waals surface area (Å²) < 4.78 is 34.0. The molecule has 1 aliphatic heterocycles. The Labute approximate surface area is 149 Å². The summed E-state index contributed by atoms with van der Waals surface area (Å²) in [6.45, 7) is 7.02. The monoisotopic (exact) mass is 360 g/mol. The summed E-state index contributed by atoms with van der Waals surface area (Å²) in [5.74, 6) is -0.822. The van der Waals surface area contributed by atoms with Crippen LogP contribution in [0.5, 0.6) is 5.75 Å². The molecule has 1 aromatic carbocycles. The first-order valence-electron chi connectivity index (χ1n) is 8.26. The standard InChI is InChI=1S/C18H26F2N2O.ClH/c1-3-4-5-6-7-17(22-10-8-21-9-11-22)18-15(19)12-14(23-2)13-16(18)20;/h3,12-13,17,21H,1,4-11H2,2H3;1H/t17-;/m0./s1. The zero-order valence-electron chi connectivity index (χ0n) is 14.2. The summed E-state index contributed by atoms with van der Waals surface area (Å²) in [7, 11) is 1.41. The van der Waals surface area contributed by atoms with E-state index < -0.39 is 11.6 Å². The van der Waals surface area contributed by atoms with Crippen LogP contribution in [0.25, 0.3) is 0 Å². The third-order valence-corrected chi connectivity index (χ3v) is 4.35. The first-order chi connectivity index (χ1) is 11.2. The van der Waals surface area contributed by atoms with E-state index in [0.717, 1.165) is 51.9 Å². The molecule has 1 heterocycles. The molecule has 1 aromatic rings. The number of hydrogen-bond donors (Lipinski definition) is 1. The average Bonchev–Trinajstić information content (AvgIpc) is 2.57. The van der Waals surface area contributed by atoms with Crippen molar-refractivity contribution in [2.24, 2.45) is 0 Å². The number of benzene rings is 1. The lowest BCUT2D eigenvalue weighted by molar-refractivity contribution is 0.156. The van der Waals surface area contributed by atoms with Crippen molar-refractivity contribution in [1.29, 1.82) is 0 Å². The van der Waals surface area contributed by atoms with Gasteiger partial charge in [0, 0.05) is 49.9 Å². The Morgan fingerprint density at radius 2 is 1.88 bits per heavy atom. The van der Waals surface area contributed by atoms with Crippen LogP contribution < -0.4 is 10.1 Å². The van der Waals surface area contributed by atoms with Gasteiger partial charge in [0.1, 0.15) is 17.4 Å². The van der Waals surface area contributed by atoms with Crippen LogP contribution in [0.2, 0.25) is 0 Å². The maximum atomic E-state index is 14.5. The highest BCUT2D eigenvalue weighted by Gasteiger charge is 2.27. The molecule has 1 aliphatic rings. The van der Waals surface area contributed by atoms with Gasteiger partial charge in [0.05, 0.1) is 7.11 Å². The third kappa shape index (κ3) is 5.43. The van der Waals surface area contributed by atoms with Crippen LogP contribution in [0.3, 0.4) is 0 Å².